The average Bonchev–Trinajstić information content (AvgIpc) is 2.46. The molecular formula is C17H27NO. The highest BCUT2D eigenvalue weighted by molar-refractivity contribution is 5.37. The number of ether oxygens (including phenoxy) is 1. The molecule has 0 heterocycles. The zero-order valence-corrected chi connectivity index (χ0v) is 12.5. The summed E-state index contributed by atoms with van der Waals surface area (Å²) >= 11 is 0. The van der Waals surface area contributed by atoms with Gasteiger partial charge in [0.2, 0.25) is 0 Å². The van der Waals surface area contributed by atoms with Crippen LogP contribution < -0.4 is 10.5 Å². The molecular weight excluding hydrogens is 234 g/mol. The SMILES string of the molecule is CCC1CCCCC1C(N)c1ccc(OC)c(C)c1. The van der Waals surface area contributed by atoms with E-state index in [0.29, 0.717) is 5.92 Å². The predicted octanol–water partition coefficient (Wildman–Crippen LogP) is 4.22. The quantitative estimate of drug-likeness (QED) is 0.880. The molecule has 2 heteroatoms. The number of hydrogen-bond donors (Lipinski definition) is 1. The number of hydrogen-bond acceptors (Lipinski definition) is 2. The summed E-state index contributed by atoms with van der Waals surface area (Å²) < 4.78 is 5.33. The molecule has 0 aliphatic heterocycles. The molecule has 0 bridgehead atoms. The second-order valence-electron chi connectivity index (χ2n) is 5.87. The molecule has 0 amide bonds. The van der Waals surface area contributed by atoms with Gasteiger partial charge in [0.05, 0.1) is 7.11 Å². The summed E-state index contributed by atoms with van der Waals surface area (Å²) in [6, 6.07) is 6.56. The van der Waals surface area contributed by atoms with Crippen LogP contribution in [0.15, 0.2) is 18.2 Å². The van der Waals surface area contributed by atoms with E-state index in [-0.39, 0.29) is 6.04 Å². The fraction of sp³-hybridized carbons (Fsp3) is 0.647. The fourth-order valence-electron chi connectivity index (χ4n) is 3.57. The van der Waals surface area contributed by atoms with E-state index in [9.17, 15) is 0 Å². The molecule has 1 aliphatic rings. The van der Waals surface area contributed by atoms with Crippen LogP contribution in [0.4, 0.5) is 0 Å². The molecule has 2 N–H and O–H groups in total. The van der Waals surface area contributed by atoms with Crippen molar-refractivity contribution in [3.63, 3.8) is 0 Å². The molecule has 3 unspecified atom stereocenters. The Morgan fingerprint density at radius 2 is 2.05 bits per heavy atom. The van der Waals surface area contributed by atoms with Crippen LogP contribution in [0.3, 0.4) is 0 Å². The van der Waals surface area contributed by atoms with Crippen molar-refractivity contribution in [2.24, 2.45) is 17.6 Å². The van der Waals surface area contributed by atoms with E-state index in [1.165, 1.54) is 43.2 Å². The highest BCUT2D eigenvalue weighted by atomic mass is 16.5. The summed E-state index contributed by atoms with van der Waals surface area (Å²) in [6.45, 7) is 4.39. The maximum absolute atomic E-state index is 6.56. The summed E-state index contributed by atoms with van der Waals surface area (Å²) in [5.41, 5.74) is 9.00. The maximum atomic E-state index is 6.56. The van der Waals surface area contributed by atoms with Gasteiger partial charge in [-0.3, -0.25) is 0 Å². The first kappa shape index (κ1) is 14.4. The van der Waals surface area contributed by atoms with Crippen molar-refractivity contribution in [2.45, 2.75) is 52.0 Å². The zero-order chi connectivity index (χ0) is 13.8. The first-order valence-corrected chi connectivity index (χ1v) is 7.57. The standard InChI is InChI=1S/C17H27NO/c1-4-13-7-5-6-8-15(13)17(18)14-9-10-16(19-3)12(2)11-14/h9-11,13,15,17H,4-8,18H2,1-3H3. The smallest absolute Gasteiger partial charge is 0.121 e. The molecule has 3 atom stereocenters. The van der Waals surface area contributed by atoms with Gasteiger partial charge in [0.25, 0.3) is 0 Å². The van der Waals surface area contributed by atoms with Gasteiger partial charge >= 0.3 is 0 Å². The van der Waals surface area contributed by atoms with E-state index < -0.39 is 0 Å². The zero-order valence-electron chi connectivity index (χ0n) is 12.5. The highest BCUT2D eigenvalue weighted by Crippen LogP contribution is 2.39. The minimum absolute atomic E-state index is 0.176. The van der Waals surface area contributed by atoms with E-state index in [2.05, 4.69) is 26.0 Å². The Morgan fingerprint density at radius 3 is 2.68 bits per heavy atom. The van der Waals surface area contributed by atoms with Crippen LogP contribution in [0.5, 0.6) is 5.75 Å². The summed E-state index contributed by atoms with van der Waals surface area (Å²) in [4.78, 5) is 0. The topological polar surface area (TPSA) is 35.2 Å². The molecule has 0 spiro atoms. The molecule has 0 radical (unpaired) electrons. The third kappa shape index (κ3) is 3.11. The van der Waals surface area contributed by atoms with E-state index >= 15 is 0 Å². The molecule has 2 rings (SSSR count). The van der Waals surface area contributed by atoms with Crippen molar-refractivity contribution < 1.29 is 4.74 Å². The van der Waals surface area contributed by atoms with Crippen LogP contribution in [-0.4, -0.2) is 7.11 Å². The summed E-state index contributed by atoms with van der Waals surface area (Å²) in [7, 11) is 1.72. The van der Waals surface area contributed by atoms with Crippen molar-refractivity contribution in [1.29, 1.82) is 0 Å². The third-order valence-corrected chi connectivity index (χ3v) is 4.76. The van der Waals surface area contributed by atoms with Crippen LogP contribution in [0.2, 0.25) is 0 Å². The Labute approximate surface area is 117 Å². The Bertz CT molecular complexity index is 416. The largest absolute Gasteiger partial charge is 0.496 e. The summed E-state index contributed by atoms with van der Waals surface area (Å²) in [5.74, 6) is 2.39. The lowest BCUT2D eigenvalue weighted by molar-refractivity contribution is 0.196. The van der Waals surface area contributed by atoms with E-state index in [4.69, 9.17) is 10.5 Å². The number of benzene rings is 1. The summed E-state index contributed by atoms with van der Waals surface area (Å²) in [6.07, 6.45) is 6.61. The summed E-state index contributed by atoms with van der Waals surface area (Å²) in [5, 5.41) is 0. The number of aryl methyl sites for hydroxylation is 1. The first-order valence-electron chi connectivity index (χ1n) is 7.57. The van der Waals surface area contributed by atoms with Gasteiger partial charge in [0.15, 0.2) is 0 Å². The fourth-order valence-corrected chi connectivity index (χ4v) is 3.57. The molecule has 106 valence electrons. The molecule has 1 aromatic carbocycles. The van der Waals surface area contributed by atoms with Crippen LogP contribution in [0.1, 0.15) is 56.2 Å². The van der Waals surface area contributed by atoms with Gasteiger partial charge in [-0.15, -0.1) is 0 Å². The van der Waals surface area contributed by atoms with Gasteiger partial charge < -0.3 is 10.5 Å². The Morgan fingerprint density at radius 1 is 1.32 bits per heavy atom. The second kappa shape index (κ2) is 6.42. The van der Waals surface area contributed by atoms with Crippen molar-refractivity contribution in [3.8, 4) is 5.75 Å². The normalized spacial score (nSPS) is 25.1. The molecule has 0 aromatic heterocycles. The van der Waals surface area contributed by atoms with Crippen LogP contribution in [0.25, 0.3) is 0 Å². The Kier molecular flexibility index (Phi) is 4.87. The number of nitrogens with two attached hydrogens (primary N) is 1. The number of methoxy groups -OCH3 is 1. The molecule has 2 nitrogen and oxygen atoms in total. The second-order valence-corrected chi connectivity index (χ2v) is 5.87. The van der Waals surface area contributed by atoms with Gasteiger partial charge in [-0.2, -0.15) is 0 Å². The van der Waals surface area contributed by atoms with E-state index in [1.807, 2.05) is 6.07 Å². The lowest BCUT2D eigenvalue weighted by Gasteiger charge is -2.35. The minimum atomic E-state index is 0.176. The minimum Gasteiger partial charge on any atom is -0.496 e. The van der Waals surface area contributed by atoms with Gasteiger partial charge in [-0.25, -0.2) is 0 Å². The van der Waals surface area contributed by atoms with E-state index in [1.54, 1.807) is 7.11 Å². The molecule has 1 aliphatic carbocycles. The predicted molar refractivity (Wildman–Crippen MR) is 80.4 cm³/mol. The van der Waals surface area contributed by atoms with Gasteiger partial charge in [-0.1, -0.05) is 44.7 Å². The highest BCUT2D eigenvalue weighted by Gasteiger charge is 2.29. The average molecular weight is 261 g/mol. The lowest BCUT2D eigenvalue weighted by Crippen LogP contribution is -2.30. The molecule has 0 saturated heterocycles. The van der Waals surface area contributed by atoms with Gasteiger partial charge in [0.1, 0.15) is 5.75 Å². The van der Waals surface area contributed by atoms with Crippen LogP contribution in [-0.2, 0) is 0 Å². The van der Waals surface area contributed by atoms with Crippen molar-refractivity contribution in [3.05, 3.63) is 29.3 Å². The monoisotopic (exact) mass is 261 g/mol. The molecule has 19 heavy (non-hydrogen) atoms. The third-order valence-electron chi connectivity index (χ3n) is 4.76. The first-order chi connectivity index (χ1) is 9.17. The number of rotatable bonds is 4. The lowest BCUT2D eigenvalue weighted by atomic mass is 9.72. The van der Waals surface area contributed by atoms with Crippen LogP contribution in [0, 0.1) is 18.8 Å². The Balaban J connectivity index is 2.17. The maximum Gasteiger partial charge on any atom is 0.121 e. The van der Waals surface area contributed by atoms with Crippen molar-refractivity contribution in [1.82, 2.24) is 0 Å². The molecule has 1 aromatic rings. The molecule has 1 fully saturated rings. The van der Waals surface area contributed by atoms with Gasteiger partial charge in [-0.05, 0) is 42.4 Å². The van der Waals surface area contributed by atoms with Crippen molar-refractivity contribution in [2.75, 3.05) is 7.11 Å². The van der Waals surface area contributed by atoms with Gasteiger partial charge in [0, 0.05) is 6.04 Å². The van der Waals surface area contributed by atoms with Crippen LogP contribution >= 0.6 is 0 Å². The van der Waals surface area contributed by atoms with Crippen molar-refractivity contribution >= 4 is 0 Å². The molecule has 1 saturated carbocycles. The van der Waals surface area contributed by atoms with E-state index in [0.717, 1.165) is 11.7 Å². The Hall–Kier alpha value is -1.02.